The molecule has 6 heteroatoms. The van der Waals surface area contributed by atoms with Crippen LogP contribution in [0, 0.1) is 0 Å². The molecule has 6 nitrogen and oxygen atoms in total. The van der Waals surface area contributed by atoms with Gasteiger partial charge in [-0.3, -0.25) is 4.79 Å². The van der Waals surface area contributed by atoms with Gasteiger partial charge in [0.1, 0.15) is 17.2 Å². The number of hydrogen-bond donors (Lipinski definition) is 0. The van der Waals surface area contributed by atoms with E-state index in [1.165, 1.54) is 6.92 Å². The third kappa shape index (κ3) is 7.43. The van der Waals surface area contributed by atoms with Gasteiger partial charge in [-0.2, -0.15) is 0 Å². The first-order valence-electron chi connectivity index (χ1n) is 7.54. The van der Waals surface area contributed by atoms with E-state index in [4.69, 9.17) is 9.47 Å². The molecule has 0 heterocycles. The maximum Gasteiger partial charge on any atom is 0.417 e. The molecule has 0 aliphatic carbocycles. The van der Waals surface area contributed by atoms with E-state index in [1.54, 1.807) is 41.5 Å². The summed E-state index contributed by atoms with van der Waals surface area (Å²) in [6, 6.07) is -0.975. The molecular weight excluding hydrogens is 286 g/mol. The van der Waals surface area contributed by atoms with Crippen LogP contribution >= 0.6 is 0 Å². The fourth-order valence-electron chi connectivity index (χ4n) is 1.78. The van der Waals surface area contributed by atoms with E-state index in [1.807, 2.05) is 6.92 Å². The number of nitrogens with zero attached hydrogens (tertiary/aromatic N) is 1. The van der Waals surface area contributed by atoms with Gasteiger partial charge in [0.05, 0.1) is 0 Å². The molecule has 0 aromatic heterocycles. The molecule has 0 radical (unpaired) electrons. The van der Waals surface area contributed by atoms with Crippen LogP contribution in [-0.4, -0.2) is 40.1 Å². The van der Waals surface area contributed by atoms with Crippen LogP contribution in [0.1, 0.15) is 68.2 Å². The van der Waals surface area contributed by atoms with Gasteiger partial charge in [0.15, 0.2) is 0 Å². The molecule has 0 saturated carbocycles. The van der Waals surface area contributed by atoms with E-state index in [2.05, 4.69) is 0 Å². The Labute approximate surface area is 133 Å². The van der Waals surface area contributed by atoms with Gasteiger partial charge >= 0.3 is 12.1 Å². The predicted octanol–water partition coefficient (Wildman–Crippen LogP) is 3.28. The molecule has 0 fully saturated rings. The number of imide groups is 1. The normalized spacial score (nSPS) is 13.3. The monoisotopic (exact) mass is 315 g/mol. The lowest BCUT2D eigenvalue weighted by atomic mass is 10.1. The number of carbonyl (C=O) groups is 3. The van der Waals surface area contributed by atoms with Gasteiger partial charge in [-0.25, -0.2) is 14.5 Å². The van der Waals surface area contributed by atoms with E-state index >= 15 is 0 Å². The Morgan fingerprint density at radius 3 is 1.73 bits per heavy atom. The SMILES string of the molecule is CCCC(C(=O)OC(C)(C)C)N(C(C)=O)C(=O)OC(C)(C)C. The number of esters is 1. The quantitative estimate of drug-likeness (QED) is 0.744. The lowest BCUT2D eigenvalue weighted by Crippen LogP contribution is -2.51. The summed E-state index contributed by atoms with van der Waals surface area (Å²) in [5.74, 6) is -1.14. The van der Waals surface area contributed by atoms with Gasteiger partial charge < -0.3 is 9.47 Å². The lowest BCUT2D eigenvalue weighted by molar-refractivity contribution is -0.164. The molecule has 128 valence electrons. The van der Waals surface area contributed by atoms with Crippen molar-refractivity contribution in [3.63, 3.8) is 0 Å². The zero-order chi connectivity index (χ0) is 17.7. The van der Waals surface area contributed by atoms with Crippen LogP contribution < -0.4 is 0 Å². The minimum atomic E-state index is -0.975. The van der Waals surface area contributed by atoms with Crippen LogP contribution in [0.25, 0.3) is 0 Å². The molecule has 1 unspecified atom stereocenters. The second kappa shape index (κ2) is 7.61. The van der Waals surface area contributed by atoms with Crippen molar-refractivity contribution in [2.75, 3.05) is 0 Å². The Bertz CT molecular complexity index is 417. The molecular formula is C16H29NO5. The highest BCUT2D eigenvalue weighted by atomic mass is 16.6. The standard InChI is InChI=1S/C16H29NO5/c1-9-10-12(13(19)21-15(3,4)5)17(11(2)18)14(20)22-16(6,7)8/h12H,9-10H2,1-8H3. The van der Waals surface area contributed by atoms with E-state index in [-0.39, 0.29) is 0 Å². The van der Waals surface area contributed by atoms with Gasteiger partial charge in [0.25, 0.3) is 0 Å². The Balaban J connectivity index is 5.40. The number of hydrogen-bond acceptors (Lipinski definition) is 5. The third-order valence-electron chi connectivity index (χ3n) is 2.48. The first-order chi connectivity index (χ1) is 9.78. The fourth-order valence-corrected chi connectivity index (χ4v) is 1.78. The summed E-state index contributed by atoms with van der Waals surface area (Å²) in [5.41, 5.74) is -1.45. The molecule has 0 rings (SSSR count). The minimum Gasteiger partial charge on any atom is -0.458 e. The molecule has 0 aromatic rings. The Hall–Kier alpha value is -1.59. The molecule has 0 aromatic carbocycles. The highest BCUT2D eigenvalue weighted by Crippen LogP contribution is 2.18. The molecule has 2 amide bonds. The summed E-state index contributed by atoms with van der Waals surface area (Å²) in [5, 5.41) is 0. The summed E-state index contributed by atoms with van der Waals surface area (Å²) >= 11 is 0. The van der Waals surface area contributed by atoms with E-state index in [0.29, 0.717) is 12.8 Å². The predicted molar refractivity (Wildman–Crippen MR) is 83.3 cm³/mol. The van der Waals surface area contributed by atoms with E-state index in [9.17, 15) is 14.4 Å². The van der Waals surface area contributed by atoms with E-state index in [0.717, 1.165) is 4.90 Å². The average Bonchev–Trinajstić information content (AvgIpc) is 2.22. The second-order valence-electron chi connectivity index (χ2n) is 7.21. The molecule has 0 saturated heterocycles. The van der Waals surface area contributed by atoms with Gasteiger partial charge in [-0.1, -0.05) is 13.3 Å². The van der Waals surface area contributed by atoms with Crippen LogP contribution in [-0.2, 0) is 19.1 Å². The van der Waals surface area contributed by atoms with Crippen molar-refractivity contribution in [2.24, 2.45) is 0 Å². The average molecular weight is 315 g/mol. The number of rotatable bonds is 4. The summed E-state index contributed by atoms with van der Waals surface area (Å²) in [6.45, 7) is 13.4. The highest BCUT2D eigenvalue weighted by molar-refractivity contribution is 5.96. The maximum atomic E-state index is 12.3. The van der Waals surface area contributed by atoms with Gasteiger partial charge in [-0.05, 0) is 48.0 Å². The van der Waals surface area contributed by atoms with Crippen molar-refractivity contribution >= 4 is 18.0 Å². The maximum absolute atomic E-state index is 12.3. The van der Waals surface area contributed by atoms with Crippen LogP contribution in [0.5, 0.6) is 0 Å². The molecule has 0 bridgehead atoms. The van der Waals surface area contributed by atoms with Crippen molar-refractivity contribution in [1.82, 2.24) is 4.90 Å². The molecule has 0 aliphatic rings. The van der Waals surface area contributed by atoms with E-state index < -0.39 is 35.2 Å². The summed E-state index contributed by atoms with van der Waals surface area (Å²) in [7, 11) is 0. The van der Waals surface area contributed by atoms with Crippen molar-refractivity contribution in [1.29, 1.82) is 0 Å². The molecule has 1 atom stereocenters. The van der Waals surface area contributed by atoms with Gasteiger partial charge in [0.2, 0.25) is 5.91 Å². The van der Waals surface area contributed by atoms with Gasteiger partial charge in [0, 0.05) is 6.92 Å². The number of ether oxygens (including phenoxy) is 2. The highest BCUT2D eigenvalue weighted by Gasteiger charge is 2.37. The first-order valence-corrected chi connectivity index (χ1v) is 7.54. The zero-order valence-corrected chi connectivity index (χ0v) is 15.0. The largest absolute Gasteiger partial charge is 0.458 e. The van der Waals surface area contributed by atoms with Crippen molar-refractivity contribution in [3.05, 3.63) is 0 Å². The minimum absolute atomic E-state index is 0.327. The molecule has 22 heavy (non-hydrogen) atoms. The third-order valence-corrected chi connectivity index (χ3v) is 2.48. The number of carbonyl (C=O) groups excluding carboxylic acids is 3. The van der Waals surface area contributed by atoms with Gasteiger partial charge in [-0.15, -0.1) is 0 Å². The van der Waals surface area contributed by atoms with Crippen LogP contribution in [0.2, 0.25) is 0 Å². The van der Waals surface area contributed by atoms with Crippen molar-refractivity contribution in [3.8, 4) is 0 Å². The zero-order valence-electron chi connectivity index (χ0n) is 15.0. The second-order valence-corrected chi connectivity index (χ2v) is 7.21. The number of amides is 2. The smallest absolute Gasteiger partial charge is 0.417 e. The molecule has 0 spiro atoms. The Morgan fingerprint density at radius 1 is 0.955 bits per heavy atom. The Morgan fingerprint density at radius 2 is 1.41 bits per heavy atom. The Kier molecular flexibility index (Phi) is 7.06. The fraction of sp³-hybridized carbons (Fsp3) is 0.812. The van der Waals surface area contributed by atoms with Crippen LogP contribution in [0.4, 0.5) is 4.79 Å². The summed E-state index contributed by atoms with van der Waals surface area (Å²) in [4.78, 5) is 37.3. The molecule has 0 N–H and O–H groups in total. The van der Waals surface area contributed by atoms with Crippen molar-refractivity contribution in [2.45, 2.75) is 85.5 Å². The summed E-state index contributed by atoms with van der Waals surface area (Å²) < 4.78 is 10.6. The van der Waals surface area contributed by atoms with Crippen LogP contribution in [0.15, 0.2) is 0 Å². The summed E-state index contributed by atoms with van der Waals surface area (Å²) in [6.07, 6.45) is 0.119. The topological polar surface area (TPSA) is 72.9 Å². The molecule has 0 aliphatic heterocycles. The lowest BCUT2D eigenvalue weighted by Gasteiger charge is -2.32. The van der Waals surface area contributed by atoms with Crippen molar-refractivity contribution < 1.29 is 23.9 Å². The van der Waals surface area contributed by atoms with Crippen LogP contribution in [0.3, 0.4) is 0 Å². The first kappa shape index (κ1) is 20.4.